The highest BCUT2D eigenvalue weighted by molar-refractivity contribution is 4.62. The summed E-state index contributed by atoms with van der Waals surface area (Å²) in [5.74, 6) is 0. The normalized spacial score (nSPS) is 12.0. The molecule has 0 unspecified atom stereocenters. The molecule has 2 nitrogen and oxygen atoms in total. The summed E-state index contributed by atoms with van der Waals surface area (Å²) in [4.78, 5) is 0. The van der Waals surface area contributed by atoms with E-state index >= 15 is 0 Å². The van der Waals surface area contributed by atoms with Crippen molar-refractivity contribution < 1.29 is 4.74 Å². The molecule has 0 aliphatic carbocycles. The lowest BCUT2D eigenvalue weighted by molar-refractivity contribution is 0.194. The quantitative estimate of drug-likeness (QED) is 0.621. The first-order valence-electron chi connectivity index (χ1n) is 4.76. The summed E-state index contributed by atoms with van der Waals surface area (Å²) in [5, 5.41) is 3.40. The summed E-state index contributed by atoms with van der Waals surface area (Å²) < 4.78 is 4.95. The van der Waals surface area contributed by atoms with E-state index in [0.717, 1.165) is 26.1 Å². The van der Waals surface area contributed by atoms with Crippen molar-refractivity contribution in [1.82, 2.24) is 5.32 Å². The molecule has 0 bridgehead atoms. The molecular formula is C10H23NO. The van der Waals surface area contributed by atoms with Gasteiger partial charge in [-0.25, -0.2) is 0 Å². The van der Waals surface area contributed by atoms with E-state index in [1.165, 1.54) is 6.42 Å². The molecule has 0 aliphatic heterocycles. The molecule has 0 aliphatic rings. The first-order chi connectivity index (χ1) is 5.56. The molecule has 2 heteroatoms. The van der Waals surface area contributed by atoms with Crippen LogP contribution in [0.4, 0.5) is 0 Å². The third kappa shape index (κ3) is 9.92. The van der Waals surface area contributed by atoms with Crippen molar-refractivity contribution in [3.63, 3.8) is 0 Å². The zero-order valence-electron chi connectivity index (χ0n) is 8.94. The Bertz CT molecular complexity index is 96.5. The van der Waals surface area contributed by atoms with Gasteiger partial charge in [0.25, 0.3) is 0 Å². The van der Waals surface area contributed by atoms with Crippen molar-refractivity contribution in [2.45, 2.75) is 33.6 Å². The van der Waals surface area contributed by atoms with Crippen molar-refractivity contribution >= 4 is 0 Å². The van der Waals surface area contributed by atoms with Crippen molar-refractivity contribution in [2.75, 3.05) is 26.8 Å². The SMILES string of the molecule is COCCCNCCC(C)(C)C. The Balaban J connectivity index is 3.01. The molecule has 0 amide bonds. The summed E-state index contributed by atoms with van der Waals surface area (Å²) >= 11 is 0. The van der Waals surface area contributed by atoms with Gasteiger partial charge in [-0.2, -0.15) is 0 Å². The highest BCUT2D eigenvalue weighted by atomic mass is 16.5. The van der Waals surface area contributed by atoms with E-state index in [0.29, 0.717) is 5.41 Å². The van der Waals surface area contributed by atoms with E-state index in [9.17, 15) is 0 Å². The highest BCUT2D eigenvalue weighted by Crippen LogP contribution is 2.16. The average molecular weight is 173 g/mol. The molecule has 0 radical (unpaired) electrons. The molecule has 0 fully saturated rings. The maximum absolute atomic E-state index is 4.95. The van der Waals surface area contributed by atoms with Crippen LogP contribution in [-0.2, 0) is 4.74 Å². The predicted molar refractivity (Wildman–Crippen MR) is 53.4 cm³/mol. The van der Waals surface area contributed by atoms with Gasteiger partial charge in [0.1, 0.15) is 0 Å². The van der Waals surface area contributed by atoms with Gasteiger partial charge >= 0.3 is 0 Å². The second-order valence-electron chi connectivity index (χ2n) is 4.41. The fraction of sp³-hybridized carbons (Fsp3) is 1.00. The Morgan fingerprint density at radius 1 is 1.17 bits per heavy atom. The summed E-state index contributed by atoms with van der Waals surface area (Å²) in [5.41, 5.74) is 0.453. The van der Waals surface area contributed by atoms with Crippen molar-refractivity contribution in [3.05, 3.63) is 0 Å². The first-order valence-corrected chi connectivity index (χ1v) is 4.76. The van der Waals surface area contributed by atoms with E-state index in [1.54, 1.807) is 7.11 Å². The summed E-state index contributed by atoms with van der Waals surface area (Å²) in [6.45, 7) is 9.86. The smallest absolute Gasteiger partial charge is 0.0474 e. The number of rotatable bonds is 6. The zero-order valence-corrected chi connectivity index (χ0v) is 8.94. The molecule has 0 rings (SSSR count). The fourth-order valence-corrected chi connectivity index (χ4v) is 0.930. The Morgan fingerprint density at radius 3 is 2.33 bits per heavy atom. The molecule has 0 heterocycles. The van der Waals surface area contributed by atoms with Gasteiger partial charge in [-0.1, -0.05) is 20.8 Å². The van der Waals surface area contributed by atoms with Gasteiger partial charge in [0.05, 0.1) is 0 Å². The lowest BCUT2D eigenvalue weighted by Crippen LogP contribution is -2.22. The van der Waals surface area contributed by atoms with Crippen LogP contribution in [0, 0.1) is 5.41 Å². The van der Waals surface area contributed by atoms with E-state index in [2.05, 4.69) is 26.1 Å². The van der Waals surface area contributed by atoms with Crippen molar-refractivity contribution in [1.29, 1.82) is 0 Å². The third-order valence-electron chi connectivity index (χ3n) is 1.75. The van der Waals surface area contributed by atoms with Crippen LogP contribution in [-0.4, -0.2) is 26.8 Å². The molecule has 0 atom stereocenters. The fourth-order valence-electron chi connectivity index (χ4n) is 0.930. The standard InChI is InChI=1S/C10H23NO/c1-10(2,3)6-8-11-7-5-9-12-4/h11H,5-9H2,1-4H3. The second kappa shape index (κ2) is 6.44. The highest BCUT2D eigenvalue weighted by Gasteiger charge is 2.08. The number of hydrogen-bond acceptors (Lipinski definition) is 2. The zero-order chi connectivity index (χ0) is 9.45. The molecule has 12 heavy (non-hydrogen) atoms. The molecule has 0 aromatic heterocycles. The Kier molecular flexibility index (Phi) is 6.39. The van der Waals surface area contributed by atoms with Crippen molar-refractivity contribution in [2.24, 2.45) is 5.41 Å². The van der Waals surface area contributed by atoms with Crippen LogP contribution < -0.4 is 5.32 Å². The molecule has 0 spiro atoms. The predicted octanol–water partition coefficient (Wildman–Crippen LogP) is 2.05. The van der Waals surface area contributed by atoms with Crippen LogP contribution in [0.15, 0.2) is 0 Å². The van der Waals surface area contributed by atoms with Crippen LogP contribution in [0.2, 0.25) is 0 Å². The van der Waals surface area contributed by atoms with Gasteiger partial charge in [-0.3, -0.25) is 0 Å². The minimum atomic E-state index is 0.453. The molecule has 0 saturated carbocycles. The molecule has 0 saturated heterocycles. The van der Waals surface area contributed by atoms with Crippen LogP contribution in [0.25, 0.3) is 0 Å². The minimum Gasteiger partial charge on any atom is -0.385 e. The Morgan fingerprint density at radius 2 is 1.83 bits per heavy atom. The summed E-state index contributed by atoms with van der Waals surface area (Å²) in [6, 6.07) is 0. The van der Waals surface area contributed by atoms with Crippen LogP contribution in [0.1, 0.15) is 33.6 Å². The van der Waals surface area contributed by atoms with Crippen LogP contribution in [0.3, 0.4) is 0 Å². The van der Waals surface area contributed by atoms with Gasteiger partial charge in [-0.05, 0) is 31.3 Å². The maximum Gasteiger partial charge on any atom is 0.0474 e. The summed E-state index contributed by atoms with van der Waals surface area (Å²) in [7, 11) is 1.75. The van der Waals surface area contributed by atoms with E-state index in [-0.39, 0.29) is 0 Å². The van der Waals surface area contributed by atoms with Gasteiger partial charge in [0, 0.05) is 13.7 Å². The van der Waals surface area contributed by atoms with Crippen LogP contribution >= 0.6 is 0 Å². The third-order valence-corrected chi connectivity index (χ3v) is 1.75. The van der Waals surface area contributed by atoms with Crippen LogP contribution in [0.5, 0.6) is 0 Å². The topological polar surface area (TPSA) is 21.3 Å². The van der Waals surface area contributed by atoms with E-state index < -0.39 is 0 Å². The molecule has 74 valence electrons. The molecule has 1 N–H and O–H groups in total. The second-order valence-corrected chi connectivity index (χ2v) is 4.41. The lowest BCUT2D eigenvalue weighted by atomic mass is 9.92. The van der Waals surface area contributed by atoms with E-state index in [4.69, 9.17) is 4.74 Å². The number of hydrogen-bond donors (Lipinski definition) is 1. The maximum atomic E-state index is 4.95. The van der Waals surface area contributed by atoms with Gasteiger partial charge in [0.15, 0.2) is 0 Å². The van der Waals surface area contributed by atoms with Crippen molar-refractivity contribution in [3.8, 4) is 0 Å². The molecular weight excluding hydrogens is 150 g/mol. The lowest BCUT2D eigenvalue weighted by Gasteiger charge is -2.17. The largest absolute Gasteiger partial charge is 0.385 e. The van der Waals surface area contributed by atoms with Gasteiger partial charge < -0.3 is 10.1 Å². The Hall–Kier alpha value is -0.0800. The summed E-state index contributed by atoms with van der Waals surface area (Å²) in [6.07, 6.45) is 2.35. The molecule has 0 aromatic rings. The van der Waals surface area contributed by atoms with Gasteiger partial charge in [0.2, 0.25) is 0 Å². The average Bonchev–Trinajstić information content (AvgIpc) is 1.94. The van der Waals surface area contributed by atoms with E-state index in [1.807, 2.05) is 0 Å². The monoisotopic (exact) mass is 173 g/mol. The van der Waals surface area contributed by atoms with Gasteiger partial charge in [-0.15, -0.1) is 0 Å². The molecule has 0 aromatic carbocycles. The number of ether oxygens (including phenoxy) is 1. The minimum absolute atomic E-state index is 0.453. The Labute approximate surface area is 76.7 Å². The number of nitrogens with one attached hydrogen (secondary N) is 1. The number of methoxy groups -OCH3 is 1. The first kappa shape index (κ1) is 11.9.